The maximum atomic E-state index is 9.61. The minimum atomic E-state index is 0.0889. The normalized spacial score (nSPS) is 27.2. The lowest BCUT2D eigenvalue weighted by molar-refractivity contribution is 0.0499. The summed E-state index contributed by atoms with van der Waals surface area (Å²) in [5.41, 5.74) is 7.21. The molecule has 2 aromatic heterocycles. The maximum absolute atomic E-state index is 9.61. The molecule has 4 aromatic rings. The summed E-state index contributed by atoms with van der Waals surface area (Å²) in [5, 5.41) is 9.61. The van der Waals surface area contributed by atoms with Crippen molar-refractivity contribution in [3.63, 3.8) is 0 Å². The zero-order chi connectivity index (χ0) is 29.2. The summed E-state index contributed by atoms with van der Waals surface area (Å²) < 4.78 is 4.94. The zero-order valence-electron chi connectivity index (χ0n) is 26.1. The van der Waals surface area contributed by atoms with Crippen molar-refractivity contribution in [3.8, 4) is 0 Å². The molecule has 3 fully saturated rings. The van der Waals surface area contributed by atoms with Crippen molar-refractivity contribution in [2.45, 2.75) is 89.7 Å². The second kappa shape index (κ2) is 11.2. The number of hydrogen-bond acceptors (Lipinski definition) is 6. The van der Waals surface area contributed by atoms with Crippen LogP contribution >= 0.6 is 0 Å². The summed E-state index contributed by atoms with van der Waals surface area (Å²) in [4.78, 5) is 18.2. The van der Waals surface area contributed by atoms with Crippen LogP contribution in [-0.2, 0) is 39.1 Å². The van der Waals surface area contributed by atoms with Gasteiger partial charge in [0.15, 0.2) is 0 Å². The van der Waals surface area contributed by atoms with Crippen molar-refractivity contribution in [3.05, 3.63) is 59.2 Å². The molecule has 1 N–H and O–H groups in total. The summed E-state index contributed by atoms with van der Waals surface area (Å²) in [7, 11) is 0. The van der Waals surface area contributed by atoms with Gasteiger partial charge < -0.3 is 14.2 Å². The van der Waals surface area contributed by atoms with Crippen molar-refractivity contribution in [2.75, 3.05) is 39.3 Å². The van der Waals surface area contributed by atoms with Gasteiger partial charge >= 0.3 is 0 Å². The molecule has 2 aliphatic carbocycles. The average molecular weight is 594 g/mol. The Morgan fingerprint density at radius 3 is 1.93 bits per heavy atom. The zero-order valence-corrected chi connectivity index (χ0v) is 26.1. The van der Waals surface area contributed by atoms with Crippen molar-refractivity contribution >= 4 is 22.1 Å². The molecular formula is C36H47N7O. The van der Waals surface area contributed by atoms with Crippen molar-refractivity contribution < 1.29 is 5.11 Å². The molecule has 44 heavy (non-hydrogen) atoms. The first kappa shape index (κ1) is 27.5. The van der Waals surface area contributed by atoms with E-state index in [1.54, 1.807) is 0 Å². The fraction of sp³-hybridized carbons (Fsp3) is 0.611. The lowest BCUT2D eigenvalue weighted by Crippen LogP contribution is -2.48. The van der Waals surface area contributed by atoms with Gasteiger partial charge in [-0.15, -0.1) is 0 Å². The number of nitrogens with zero attached hydrogens (tertiary/aromatic N) is 7. The summed E-state index contributed by atoms with van der Waals surface area (Å²) in [6, 6.07) is 14.8. The molecule has 8 nitrogen and oxygen atoms in total. The summed E-state index contributed by atoms with van der Waals surface area (Å²) in [6.07, 6.45) is 10.4. The Morgan fingerprint density at radius 2 is 1.30 bits per heavy atom. The first-order valence-electron chi connectivity index (χ1n) is 17.5. The number of likely N-dealkylation sites (tertiary alicyclic amines) is 1. The van der Waals surface area contributed by atoms with Crippen LogP contribution in [0.1, 0.15) is 61.3 Å². The van der Waals surface area contributed by atoms with Crippen LogP contribution < -0.4 is 0 Å². The third kappa shape index (κ3) is 4.89. The third-order valence-corrected chi connectivity index (χ3v) is 12.1. The van der Waals surface area contributed by atoms with Crippen LogP contribution in [0.4, 0.5) is 0 Å². The topological polar surface area (TPSA) is 65.6 Å². The van der Waals surface area contributed by atoms with E-state index in [2.05, 4.69) is 54.2 Å². The van der Waals surface area contributed by atoms with Crippen LogP contribution in [0.2, 0.25) is 0 Å². The lowest BCUT2D eigenvalue weighted by atomic mass is 9.71. The summed E-state index contributed by atoms with van der Waals surface area (Å²) in [6.45, 7) is 10.3. The number of aliphatic hydroxyl groups excluding tert-OH is 1. The largest absolute Gasteiger partial charge is 0.392 e. The van der Waals surface area contributed by atoms with E-state index in [1.165, 1.54) is 98.5 Å². The molecule has 3 aliphatic heterocycles. The minimum Gasteiger partial charge on any atom is -0.392 e. The van der Waals surface area contributed by atoms with Crippen molar-refractivity contribution in [2.24, 2.45) is 11.8 Å². The summed E-state index contributed by atoms with van der Waals surface area (Å²) >= 11 is 0. The molecule has 0 amide bonds. The second-order valence-electron chi connectivity index (χ2n) is 14.5. The Kier molecular flexibility index (Phi) is 7.03. The molecule has 232 valence electrons. The Hall–Kier alpha value is -2.78. The maximum Gasteiger partial charge on any atom is 0.111 e. The van der Waals surface area contributed by atoms with E-state index in [-0.39, 0.29) is 6.61 Å². The van der Waals surface area contributed by atoms with Crippen LogP contribution in [0.25, 0.3) is 22.1 Å². The van der Waals surface area contributed by atoms with Gasteiger partial charge in [0.1, 0.15) is 11.6 Å². The average Bonchev–Trinajstić information content (AvgIpc) is 3.59. The van der Waals surface area contributed by atoms with Gasteiger partial charge in [-0.25, -0.2) is 9.97 Å². The van der Waals surface area contributed by atoms with Crippen LogP contribution in [0.5, 0.6) is 0 Å². The molecule has 5 heterocycles. The molecule has 0 radical (unpaired) electrons. The molecule has 0 bridgehead atoms. The van der Waals surface area contributed by atoms with Crippen LogP contribution in [-0.4, -0.2) is 90.3 Å². The van der Waals surface area contributed by atoms with E-state index >= 15 is 0 Å². The lowest BCUT2D eigenvalue weighted by Gasteiger charge is -2.45. The Bertz CT molecular complexity index is 1660. The second-order valence-corrected chi connectivity index (χ2v) is 14.5. The fourth-order valence-electron chi connectivity index (χ4n) is 9.13. The number of imidazole rings is 2. The van der Waals surface area contributed by atoms with Gasteiger partial charge in [0, 0.05) is 77.3 Å². The van der Waals surface area contributed by atoms with Gasteiger partial charge in [-0.1, -0.05) is 18.6 Å². The highest BCUT2D eigenvalue weighted by atomic mass is 16.3. The number of fused-ring (bicyclic) bond motifs is 6. The highest BCUT2D eigenvalue weighted by molar-refractivity contribution is 5.77. The van der Waals surface area contributed by atoms with E-state index in [1.807, 2.05) is 6.07 Å². The Balaban J connectivity index is 0.793. The Labute approximate surface area is 260 Å². The Morgan fingerprint density at radius 1 is 0.659 bits per heavy atom. The molecule has 1 unspecified atom stereocenters. The molecule has 9 rings (SSSR count). The highest BCUT2D eigenvalue weighted by Crippen LogP contribution is 2.41. The van der Waals surface area contributed by atoms with E-state index in [0.717, 1.165) is 80.6 Å². The van der Waals surface area contributed by atoms with Crippen LogP contribution in [0.3, 0.4) is 0 Å². The number of aromatic nitrogens is 4. The van der Waals surface area contributed by atoms with Crippen LogP contribution in [0, 0.1) is 11.8 Å². The van der Waals surface area contributed by atoms with Crippen molar-refractivity contribution in [1.82, 2.24) is 33.8 Å². The minimum absolute atomic E-state index is 0.0889. The van der Waals surface area contributed by atoms with E-state index in [0.29, 0.717) is 0 Å². The number of rotatable bonds is 6. The van der Waals surface area contributed by atoms with Gasteiger partial charge in [-0.3, -0.25) is 14.7 Å². The summed E-state index contributed by atoms with van der Waals surface area (Å²) in [5.74, 6) is 4.23. The molecule has 2 saturated carbocycles. The van der Waals surface area contributed by atoms with Gasteiger partial charge in [0.25, 0.3) is 0 Å². The SMILES string of the molecule is OCc1ccc2nc3n(c2c1)CCN(C1CC(C2CCN(Cc4ccc5nc6n(c5c4)CCN(C4CCC4)CC6)C2)C1)CC3. The molecule has 1 saturated heterocycles. The third-order valence-electron chi connectivity index (χ3n) is 12.1. The van der Waals surface area contributed by atoms with E-state index < -0.39 is 0 Å². The predicted octanol–water partition coefficient (Wildman–Crippen LogP) is 4.45. The smallest absolute Gasteiger partial charge is 0.111 e. The standard InChI is InChI=1S/C36H47N7O/c44-24-26-5-7-32-34(19-26)43-17-15-41(13-10-36(43)38-32)30-20-28(21-30)27-8-11-39(23-27)22-25-4-6-31-33(18-25)42-16-14-40(29-2-1-3-29)12-9-35(42)37-31/h4-7,18-19,27-30,44H,1-3,8-17,20-24H2. The fourth-order valence-corrected chi connectivity index (χ4v) is 9.13. The predicted molar refractivity (Wildman–Crippen MR) is 173 cm³/mol. The quantitative estimate of drug-likeness (QED) is 0.357. The van der Waals surface area contributed by atoms with Gasteiger partial charge in [0.05, 0.1) is 28.7 Å². The van der Waals surface area contributed by atoms with Gasteiger partial charge in [-0.2, -0.15) is 0 Å². The van der Waals surface area contributed by atoms with E-state index in [4.69, 9.17) is 9.97 Å². The van der Waals surface area contributed by atoms with Crippen LogP contribution in [0.15, 0.2) is 36.4 Å². The molecule has 1 atom stereocenters. The first-order chi connectivity index (χ1) is 21.7. The van der Waals surface area contributed by atoms with Gasteiger partial charge in [0.2, 0.25) is 0 Å². The van der Waals surface area contributed by atoms with Gasteiger partial charge in [-0.05, 0) is 85.9 Å². The van der Waals surface area contributed by atoms with Crippen molar-refractivity contribution in [1.29, 1.82) is 0 Å². The molecule has 8 heteroatoms. The number of benzene rings is 2. The number of hydrogen-bond donors (Lipinski definition) is 1. The molecule has 5 aliphatic rings. The van der Waals surface area contributed by atoms with E-state index in [9.17, 15) is 5.11 Å². The first-order valence-corrected chi connectivity index (χ1v) is 17.5. The highest BCUT2D eigenvalue weighted by Gasteiger charge is 2.41. The monoisotopic (exact) mass is 593 g/mol. The molecule has 0 spiro atoms. The number of aliphatic hydroxyl groups is 1. The molecule has 2 aromatic carbocycles. The molecular weight excluding hydrogens is 546 g/mol.